The lowest BCUT2D eigenvalue weighted by Gasteiger charge is -2.24. The molecule has 1 aliphatic carbocycles. The first-order chi connectivity index (χ1) is 23.8. The minimum absolute atomic E-state index is 0.127. The average molecular weight is 710 g/mol. The highest BCUT2D eigenvalue weighted by Gasteiger charge is 2.34. The lowest BCUT2D eigenvalue weighted by atomic mass is 9.95. The van der Waals surface area contributed by atoms with Gasteiger partial charge in [-0.05, 0) is 98.4 Å². The number of carbonyl (C=O) groups is 3. The second-order valence-electron chi connectivity index (χ2n) is 13.1. The van der Waals surface area contributed by atoms with Crippen LogP contribution in [-0.4, -0.2) is 58.5 Å². The molecule has 6 N–H and O–H groups in total. The summed E-state index contributed by atoms with van der Waals surface area (Å²) in [4.78, 5) is 62.5. The third-order valence-electron chi connectivity index (χ3n) is 9.51. The molecule has 50 heavy (non-hydrogen) atoms. The van der Waals surface area contributed by atoms with E-state index in [1.54, 1.807) is 6.08 Å². The molecule has 2 aromatic carbocycles. The van der Waals surface area contributed by atoms with Crippen LogP contribution >= 0.6 is 7.82 Å². The first kappa shape index (κ1) is 37.1. The zero-order chi connectivity index (χ0) is 36.0. The molecule has 12 nitrogen and oxygen atoms in total. The highest BCUT2D eigenvalue weighted by atomic mass is 31.2. The van der Waals surface area contributed by atoms with Crippen molar-refractivity contribution in [2.45, 2.75) is 64.8 Å². The van der Waals surface area contributed by atoms with E-state index in [4.69, 9.17) is 4.89 Å². The minimum Gasteiger partial charge on any atom is -0.756 e. The number of benzene rings is 2. The quantitative estimate of drug-likeness (QED) is 0.0740. The van der Waals surface area contributed by atoms with Gasteiger partial charge >= 0.3 is 0 Å². The number of rotatable bonds is 16. The third-order valence-corrected chi connectivity index (χ3v) is 9.99. The Kier molecular flexibility index (Phi) is 12.1. The number of phosphoric acid groups is 1. The minimum atomic E-state index is -4.87. The van der Waals surface area contributed by atoms with Crippen LogP contribution in [0, 0.1) is 31.5 Å². The van der Waals surface area contributed by atoms with Gasteiger partial charge in [0.1, 0.15) is 11.9 Å². The van der Waals surface area contributed by atoms with Crippen LogP contribution in [0.25, 0.3) is 11.6 Å². The van der Waals surface area contributed by atoms with E-state index in [2.05, 4.69) is 25.5 Å². The SMILES string of the molecule is Cc1[nH]c(/C=C2\C(=O)Nc3ccc(F)cc32)c(C)c1CCC(=O)NC(C(=O)NCCCCC(CO)COP(=O)([O-])O)C1Cc2ccccc2C1. The third kappa shape index (κ3) is 9.35. The molecule has 0 bridgehead atoms. The van der Waals surface area contributed by atoms with Crippen molar-refractivity contribution in [3.63, 3.8) is 0 Å². The van der Waals surface area contributed by atoms with E-state index in [1.165, 1.54) is 18.2 Å². The van der Waals surface area contributed by atoms with Gasteiger partial charge in [-0.2, -0.15) is 0 Å². The van der Waals surface area contributed by atoms with E-state index in [1.807, 2.05) is 38.1 Å². The van der Waals surface area contributed by atoms with Gasteiger partial charge in [0.25, 0.3) is 13.7 Å². The number of amides is 3. The summed E-state index contributed by atoms with van der Waals surface area (Å²) in [6, 6.07) is 11.4. The summed E-state index contributed by atoms with van der Waals surface area (Å²) < 4.78 is 29.2. The van der Waals surface area contributed by atoms with Crippen molar-refractivity contribution in [2.24, 2.45) is 11.8 Å². The number of phosphoric ester groups is 1. The molecule has 2 heterocycles. The number of carbonyl (C=O) groups excluding carboxylic acids is 3. The molecular weight excluding hydrogens is 666 g/mol. The lowest BCUT2D eigenvalue weighted by molar-refractivity contribution is -0.221. The van der Waals surface area contributed by atoms with Crippen molar-refractivity contribution < 1.29 is 42.8 Å². The maximum Gasteiger partial charge on any atom is 0.265 e. The van der Waals surface area contributed by atoms with Crippen LogP contribution in [0.5, 0.6) is 0 Å². The molecule has 0 spiro atoms. The van der Waals surface area contributed by atoms with Crippen LogP contribution in [0.1, 0.15) is 64.9 Å². The Labute approximate surface area is 290 Å². The number of H-pyrrole nitrogens is 1. The average Bonchev–Trinajstić information content (AvgIpc) is 3.72. The summed E-state index contributed by atoms with van der Waals surface area (Å²) in [6.07, 6.45) is 5.07. The Balaban J connectivity index is 1.20. The van der Waals surface area contributed by atoms with Crippen molar-refractivity contribution in [3.8, 4) is 0 Å². The summed E-state index contributed by atoms with van der Waals surface area (Å²) in [5, 5.41) is 18.2. The Bertz CT molecular complexity index is 1790. The molecular formula is C36H43FN4O8P-. The van der Waals surface area contributed by atoms with Crippen LogP contribution in [0.4, 0.5) is 10.1 Å². The summed E-state index contributed by atoms with van der Waals surface area (Å²) in [5.41, 5.74) is 7.00. The van der Waals surface area contributed by atoms with E-state index >= 15 is 0 Å². The summed E-state index contributed by atoms with van der Waals surface area (Å²) in [6.45, 7) is 3.47. The molecule has 3 amide bonds. The Hall–Kier alpha value is -4.13. The topological polar surface area (TPSA) is 193 Å². The second kappa shape index (κ2) is 16.3. The van der Waals surface area contributed by atoms with Crippen molar-refractivity contribution in [2.75, 3.05) is 25.1 Å². The van der Waals surface area contributed by atoms with Gasteiger partial charge in [-0.1, -0.05) is 30.7 Å². The number of hydrogen-bond acceptors (Lipinski definition) is 7. The first-order valence-corrected chi connectivity index (χ1v) is 18.3. The van der Waals surface area contributed by atoms with Crippen LogP contribution in [-0.2, 0) is 42.7 Å². The Morgan fingerprint density at radius 2 is 1.88 bits per heavy atom. The summed E-state index contributed by atoms with van der Waals surface area (Å²) >= 11 is 0. The zero-order valence-electron chi connectivity index (χ0n) is 28.1. The maximum absolute atomic E-state index is 13.9. The van der Waals surface area contributed by atoms with Gasteiger partial charge in [-0.3, -0.25) is 18.9 Å². The van der Waals surface area contributed by atoms with Gasteiger partial charge in [-0.15, -0.1) is 0 Å². The number of anilines is 1. The second-order valence-corrected chi connectivity index (χ2v) is 14.2. The number of unbranched alkanes of at least 4 members (excludes halogenated alkanes) is 1. The van der Waals surface area contributed by atoms with Gasteiger partial charge in [0.15, 0.2) is 0 Å². The van der Waals surface area contributed by atoms with E-state index < -0.39 is 25.6 Å². The Morgan fingerprint density at radius 3 is 2.56 bits per heavy atom. The molecule has 1 aromatic heterocycles. The number of nitrogens with one attached hydrogen (secondary N) is 4. The maximum atomic E-state index is 13.9. The molecule has 5 rings (SSSR count). The van der Waals surface area contributed by atoms with E-state index in [-0.39, 0.29) is 43.3 Å². The molecule has 1 aliphatic heterocycles. The number of halogens is 1. The van der Waals surface area contributed by atoms with Gasteiger partial charge in [-0.25, -0.2) is 4.39 Å². The molecule has 268 valence electrons. The fourth-order valence-corrected chi connectivity index (χ4v) is 7.20. The van der Waals surface area contributed by atoms with E-state index in [0.29, 0.717) is 67.6 Å². The number of fused-ring (bicyclic) bond motifs is 2. The molecule has 0 saturated carbocycles. The zero-order valence-corrected chi connectivity index (χ0v) is 29.0. The number of aliphatic hydroxyl groups excluding tert-OH is 1. The molecule has 3 aromatic rings. The number of aromatic nitrogens is 1. The predicted octanol–water partition coefficient (Wildman–Crippen LogP) is 3.47. The monoisotopic (exact) mass is 709 g/mol. The number of aliphatic hydroxyl groups is 1. The van der Waals surface area contributed by atoms with Crippen molar-refractivity contribution in [1.29, 1.82) is 0 Å². The van der Waals surface area contributed by atoms with Gasteiger partial charge in [0, 0.05) is 48.1 Å². The highest BCUT2D eigenvalue weighted by molar-refractivity contribution is 7.44. The first-order valence-electron chi connectivity index (χ1n) is 16.8. The van der Waals surface area contributed by atoms with Crippen LogP contribution < -0.4 is 20.8 Å². The molecule has 0 radical (unpaired) electrons. The van der Waals surface area contributed by atoms with Crippen LogP contribution in [0.2, 0.25) is 0 Å². The molecule has 3 atom stereocenters. The lowest BCUT2D eigenvalue weighted by Crippen LogP contribution is -2.51. The normalized spacial score (nSPS) is 17.2. The molecule has 0 saturated heterocycles. The van der Waals surface area contributed by atoms with Crippen molar-refractivity contribution >= 4 is 42.9 Å². The number of aryl methyl sites for hydroxylation is 1. The van der Waals surface area contributed by atoms with E-state index in [9.17, 15) is 33.3 Å². The van der Waals surface area contributed by atoms with Crippen LogP contribution in [0.3, 0.4) is 0 Å². The number of hydrogen-bond donors (Lipinski definition) is 6. The van der Waals surface area contributed by atoms with E-state index in [0.717, 1.165) is 27.9 Å². The van der Waals surface area contributed by atoms with Gasteiger partial charge in [0.2, 0.25) is 11.8 Å². The predicted molar refractivity (Wildman–Crippen MR) is 184 cm³/mol. The van der Waals surface area contributed by atoms with Gasteiger partial charge < -0.3 is 40.4 Å². The van der Waals surface area contributed by atoms with Crippen molar-refractivity contribution in [3.05, 3.63) is 87.5 Å². The van der Waals surface area contributed by atoms with Gasteiger partial charge in [0.05, 0.1) is 12.2 Å². The standard InChI is InChI=1S/C36H44FN4O8P/c1-21-28(22(2)39-32(21)18-30-29-17-27(37)10-12-31(29)40-35(30)44)11-13-33(43)41-34(26-15-24-8-3-4-9-25(24)16-26)36(45)38-14-6-5-7-23(19-42)20-49-50(46,47)48/h3-4,8-10,12,17-18,23,26,34,39,42H,5-7,11,13-16,19-20H2,1-2H3,(H,38,45)(H,40,44)(H,41,43)(H2,46,47,48)/p-1/b30-18-. The fraction of sp³-hybridized carbons (Fsp3) is 0.417. The largest absolute Gasteiger partial charge is 0.756 e. The molecule has 0 fully saturated rings. The van der Waals surface area contributed by atoms with Crippen LogP contribution in [0.15, 0.2) is 42.5 Å². The summed E-state index contributed by atoms with van der Waals surface area (Å²) in [5.74, 6) is -1.94. The molecule has 14 heteroatoms. The fourth-order valence-electron chi connectivity index (χ4n) is 6.80. The van der Waals surface area contributed by atoms with Crippen molar-refractivity contribution in [1.82, 2.24) is 15.6 Å². The highest BCUT2D eigenvalue weighted by Crippen LogP contribution is 2.35. The Morgan fingerprint density at radius 1 is 1.16 bits per heavy atom. The molecule has 2 aliphatic rings. The number of aromatic amines is 1. The smallest absolute Gasteiger partial charge is 0.265 e. The summed E-state index contributed by atoms with van der Waals surface area (Å²) in [7, 11) is -4.87. The molecule has 3 unspecified atom stereocenters.